The average molecular weight is 327 g/mol. The number of amides is 1. The molecule has 22 heavy (non-hydrogen) atoms. The molecule has 1 fully saturated rings. The van der Waals surface area contributed by atoms with Crippen LogP contribution in [0.1, 0.15) is 19.3 Å². The summed E-state index contributed by atoms with van der Waals surface area (Å²) in [4.78, 5) is 12.5. The molecule has 1 aromatic rings. The number of carbonyl (C=O) groups excluding carboxylic acids is 1. The van der Waals surface area contributed by atoms with E-state index < -0.39 is 0 Å². The van der Waals surface area contributed by atoms with Gasteiger partial charge in [0.1, 0.15) is 5.82 Å². The fourth-order valence-electron chi connectivity index (χ4n) is 2.12. The Bertz CT molecular complexity index is 449. The van der Waals surface area contributed by atoms with Gasteiger partial charge in [0.15, 0.2) is 0 Å². The predicted molar refractivity (Wildman–Crippen MR) is 84.5 cm³/mol. The zero-order valence-corrected chi connectivity index (χ0v) is 13.4. The Kier molecular flexibility index (Phi) is 7.70. The lowest BCUT2D eigenvalue weighted by molar-refractivity contribution is -0.118. The molecular formula is C16H22FNO3S. The van der Waals surface area contributed by atoms with Crippen LogP contribution < -0.4 is 5.32 Å². The molecule has 122 valence electrons. The van der Waals surface area contributed by atoms with Crippen LogP contribution in [0.15, 0.2) is 29.2 Å². The van der Waals surface area contributed by atoms with Gasteiger partial charge >= 0.3 is 0 Å². The number of hydrogen-bond acceptors (Lipinski definition) is 4. The van der Waals surface area contributed by atoms with Gasteiger partial charge < -0.3 is 14.8 Å². The van der Waals surface area contributed by atoms with Crippen LogP contribution in [0.4, 0.5) is 4.39 Å². The summed E-state index contributed by atoms with van der Waals surface area (Å²) in [5.74, 6) is 0.0489. The van der Waals surface area contributed by atoms with Crippen molar-refractivity contribution in [3.63, 3.8) is 0 Å². The predicted octanol–water partition coefficient (Wildman–Crippen LogP) is 2.62. The molecule has 1 aliphatic rings. The number of thioether (sulfide) groups is 1. The molecule has 0 radical (unpaired) electrons. The Morgan fingerprint density at radius 1 is 1.41 bits per heavy atom. The average Bonchev–Trinajstić information content (AvgIpc) is 3.03. The van der Waals surface area contributed by atoms with Crippen molar-refractivity contribution in [3.05, 3.63) is 30.1 Å². The minimum Gasteiger partial charge on any atom is -0.379 e. The van der Waals surface area contributed by atoms with Crippen LogP contribution in [0.2, 0.25) is 0 Å². The molecule has 0 saturated carbocycles. The molecule has 1 unspecified atom stereocenters. The van der Waals surface area contributed by atoms with Crippen LogP contribution in [-0.2, 0) is 14.3 Å². The van der Waals surface area contributed by atoms with Crippen molar-refractivity contribution < 1.29 is 18.7 Å². The van der Waals surface area contributed by atoms with Crippen LogP contribution in [0, 0.1) is 5.82 Å². The number of hydrogen-bond donors (Lipinski definition) is 1. The van der Waals surface area contributed by atoms with Crippen molar-refractivity contribution in [2.24, 2.45) is 0 Å². The molecule has 2 rings (SSSR count). The molecule has 1 heterocycles. The van der Waals surface area contributed by atoms with Gasteiger partial charge in [0, 0.05) is 24.7 Å². The summed E-state index contributed by atoms with van der Waals surface area (Å²) in [5, 5.41) is 2.85. The maximum absolute atomic E-state index is 12.7. The SMILES string of the molecule is O=C(CSc1ccc(F)cc1)NCCCOCC1CCCO1. The lowest BCUT2D eigenvalue weighted by atomic mass is 10.2. The summed E-state index contributed by atoms with van der Waals surface area (Å²) in [6, 6.07) is 6.13. The molecule has 0 aromatic heterocycles. The van der Waals surface area contributed by atoms with E-state index in [1.807, 2.05) is 0 Å². The van der Waals surface area contributed by atoms with Crippen molar-refractivity contribution in [2.75, 3.05) is 32.1 Å². The molecule has 0 bridgehead atoms. The first kappa shape index (κ1) is 17.2. The third-order valence-electron chi connectivity index (χ3n) is 3.30. The third kappa shape index (κ3) is 6.77. The lowest BCUT2D eigenvalue weighted by Crippen LogP contribution is -2.27. The van der Waals surface area contributed by atoms with Gasteiger partial charge in [0.05, 0.1) is 18.5 Å². The van der Waals surface area contributed by atoms with E-state index in [4.69, 9.17) is 9.47 Å². The molecule has 6 heteroatoms. The topological polar surface area (TPSA) is 47.6 Å². The van der Waals surface area contributed by atoms with E-state index >= 15 is 0 Å². The quantitative estimate of drug-likeness (QED) is 0.559. The molecule has 0 aliphatic carbocycles. The van der Waals surface area contributed by atoms with Crippen molar-refractivity contribution in [1.29, 1.82) is 0 Å². The maximum Gasteiger partial charge on any atom is 0.230 e. The van der Waals surface area contributed by atoms with E-state index in [2.05, 4.69) is 5.32 Å². The van der Waals surface area contributed by atoms with Gasteiger partial charge in [-0.15, -0.1) is 11.8 Å². The molecular weight excluding hydrogens is 305 g/mol. The van der Waals surface area contributed by atoms with Gasteiger partial charge in [-0.3, -0.25) is 4.79 Å². The number of nitrogens with one attached hydrogen (secondary N) is 1. The van der Waals surface area contributed by atoms with Gasteiger partial charge in [0.25, 0.3) is 0 Å². The highest BCUT2D eigenvalue weighted by Gasteiger charge is 2.14. The number of ether oxygens (including phenoxy) is 2. The standard InChI is InChI=1S/C16H22FNO3S/c17-13-4-6-15(7-5-13)22-12-16(19)18-8-2-9-20-11-14-3-1-10-21-14/h4-7,14H,1-3,8-12H2,(H,18,19). The molecule has 1 amide bonds. The Labute approximate surface area is 134 Å². The summed E-state index contributed by atoms with van der Waals surface area (Å²) in [7, 11) is 0. The van der Waals surface area contributed by atoms with Crippen molar-refractivity contribution in [1.82, 2.24) is 5.32 Å². The van der Waals surface area contributed by atoms with Crippen molar-refractivity contribution in [2.45, 2.75) is 30.3 Å². The minimum atomic E-state index is -0.267. The normalized spacial score (nSPS) is 17.6. The maximum atomic E-state index is 12.7. The Morgan fingerprint density at radius 3 is 2.95 bits per heavy atom. The van der Waals surface area contributed by atoms with Gasteiger partial charge in [-0.2, -0.15) is 0 Å². The summed E-state index contributed by atoms with van der Waals surface area (Å²) in [6.45, 7) is 2.73. The number of halogens is 1. The van der Waals surface area contributed by atoms with E-state index in [0.29, 0.717) is 25.5 Å². The molecule has 1 N–H and O–H groups in total. The van der Waals surface area contributed by atoms with Crippen LogP contribution in [0.5, 0.6) is 0 Å². The second-order valence-corrected chi connectivity index (χ2v) is 6.20. The highest BCUT2D eigenvalue weighted by Crippen LogP contribution is 2.17. The second kappa shape index (κ2) is 9.82. The molecule has 0 spiro atoms. The molecule has 1 atom stereocenters. The number of rotatable bonds is 9. The minimum absolute atomic E-state index is 0.0200. The summed E-state index contributed by atoms with van der Waals surface area (Å²) < 4.78 is 23.7. The van der Waals surface area contributed by atoms with E-state index in [1.54, 1.807) is 12.1 Å². The van der Waals surface area contributed by atoms with Crippen LogP contribution in [0.3, 0.4) is 0 Å². The lowest BCUT2D eigenvalue weighted by Gasteiger charge is -2.10. The summed E-state index contributed by atoms with van der Waals surface area (Å²) >= 11 is 1.40. The zero-order valence-electron chi connectivity index (χ0n) is 12.6. The van der Waals surface area contributed by atoms with Crippen molar-refractivity contribution in [3.8, 4) is 0 Å². The summed E-state index contributed by atoms with van der Waals surface area (Å²) in [5.41, 5.74) is 0. The highest BCUT2D eigenvalue weighted by molar-refractivity contribution is 8.00. The molecule has 1 aromatic carbocycles. The van der Waals surface area contributed by atoms with E-state index in [9.17, 15) is 9.18 Å². The molecule has 1 aliphatic heterocycles. The Morgan fingerprint density at radius 2 is 2.23 bits per heavy atom. The van der Waals surface area contributed by atoms with Gasteiger partial charge in [-0.25, -0.2) is 4.39 Å². The number of carbonyl (C=O) groups is 1. The smallest absolute Gasteiger partial charge is 0.230 e. The number of benzene rings is 1. The van der Waals surface area contributed by atoms with Crippen LogP contribution in [-0.4, -0.2) is 44.1 Å². The fraction of sp³-hybridized carbons (Fsp3) is 0.562. The van der Waals surface area contributed by atoms with Crippen LogP contribution in [0.25, 0.3) is 0 Å². The third-order valence-corrected chi connectivity index (χ3v) is 4.31. The van der Waals surface area contributed by atoms with E-state index in [1.165, 1.54) is 23.9 Å². The van der Waals surface area contributed by atoms with Crippen molar-refractivity contribution >= 4 is 17.7 Å². The Hall–Kier alpha value is -1.11. The zero-order chi connectivity index (χ0) is 15.6. The first-order chi connectivity index (χ1) is 10.7. The van der Waals surface area contributed by atoms with Gasteiger partial charge in [-0.05, 0) is 43.5 Å². The molecule has 1 saturated heterocycles. The van der Waals surface area contributed by atoms with Crippen LogP contribution >= 0.6 is 11.8 Å². The van der Waals surface area contributed by atoms with E-state index in [-0.39, 0.29) is 17.8 Å². The highest BCUT2D eigenvalue weighted by atomic mass is 32.2. The second-order valence-electron chi connectivity index (χ2n) is 5.16. The van der Waals surface area contributed by atoms with Gasteiger partial charge in [-0.1, -0.05) is 0 Å². The molecule has 4 nitrogen and oxygen atoms in total. The monoisotopic (exact) mass is 327 g/mol. The Balaban J connectivity index is 1.46. The van der Waals surface area contributed by atoms with E-state index in [0.717, 1.165) is 30.8 Å². The first-order valence-electron chi connectivity index (χ1n) is 7.58. The first-order valence-corrected chi connectivity index (χ1v) is 8.57. The fourth-order valence-corrected chi connectivity index (χ4v) is 2.85. The largest absolute Gasteiger partial charge is 0.379 e. The summed E-state index contributed by atoms with van der Waals surface area (Å²) in [6.07, 6.45) is 3.24. The van der Waals surface area contributed by atoms with Gasteiger partial charge in [0.2, 0.25) is 5.91 Å².